The summed E-state index contributed by atoms with van der Waals surface area (Å²) in [7, 11) is 0. The van der Waals surface area contributed by atoms with Crippen LogP contribution in [0.4, 0.5) is 0 Å². The molecule has 0 heterocycles. The van der Waals surface area contributed by atoms with E-state index in [1.807, 2.05) is 0 Å². The molecule has 0 spiro atoms. The summed E-state index contributed by atoms with van der Waals surface area (Å²) in [5.41, 5.74) is 9.51. The van der Waals surface area contributed by atoms with Crippen molar-refractivity contribution in [3.8, 4) is 0 Å². The minimum absolute atomic E-state index is 0. The van der Waals surface area contributed by atoms with E-state index in [1.165, 1.54) is 32.7 Å². The third-order valence-corrected chi connectivity index (χ3v) is 26.3. The summed E-state index contributed by atoms with van der Waals surface area (Å²) in [4.78, 5) is 0. The van der Waals surface area contributed by atoms with Crippen LogP contribution in [-0.4, -0.2) is 6.88 Å². The molecule has 0 aliphatic heterocycles. The molecule has 2 atom stereocenters. The molecule has 0 radical (unpaired) electrons. The van der Waals surface area contributed by atoms with E-state index in [2.05, 4.69) is 129 Å². The third kappa shape index (κ3) is 4.35. The van der Waals surface area contributed by atoms with Gasteiger partial charge >= 0.3 is 220 Å². The van der Waals surface area contributed by atoms with Crippen molar-refractivity contribution in [3.63, 3.8) is 0 Å². The molecule has 198 valence electrons. The van der Waals surface area contributed by atoms with Crippen LogP contribution in [0.15, 0.2) is 83.9 Å². The Hall–Kier alpha value is -1.44. The van der Waals surface area contributed by atoms with E-state index in [0.717, 1.165) is 0 Å². The van der Waals surface area contributed by atoms with E-state index in [9.17, 15) is 0 Å². The summed E-state index contributed by atoms with van der Waals surface area (Å²) < 4.78 is 6.66. The fourth-order valence-corrected chi connectivity index (χ4v) is 27.3. The van der Waals surface area contributed by atoms with Gasteiger partial charge in [0.1, 0.15) is 0 Å². The molecule has 0 amide bonds. The molecule has 0 aromatic heterocycles. The van der Waals surface area contributed by atoms with E-state index in [1.54, 1.807) is 22.3 Å². The molecule has 0 nitrogen and oxygen atoms in total. The summed E-state index contributed by atoms with van der Waals surface area (Å²) in [6, 6.07) is 27.6. The molecule has 0 bridgehead atoms. The van der Waals surface area contributed by atoms with Crippen molar-refractivity contribution in [2.75, 3.05) is 0 Å². The average molecular weight is 639 g/mol. The van der Waals surface area contributed by atoms with Gasteiger partial charge in [0.25, 0.3) is 0 Å². The fraction of sp³-hybridized carbons (Fsp3) is 0.294. The van der Waals surface area contributed by atoms with Gasteiger partial charge in [0.05, 0.1) is 0 Å². The standard InChI is InChI=1S/2C16H15.2CH3.2ClH.H2Si.Zr/c2*1-11(2)14-9-13-8-7-12-5-3-4-6-15(12)16(13)10-14;;;;;;/h2*3-11H,1-2H3;2*1H3;2*1H;1H2;. The van der Waals surface area contributed by atoms with Crippen LogP contribution in [0.2, 0.25) is 9.26 Å². The van der Waals surface area contributed by atoms with Gasteiger partial charge in [-0.2, -0.15) is 0 Å². The Labute approximate surface area is 243 Å². The molecule has 2 aliphatic rings. The first kappa shape index (κ1) is 29.5. The van der Waals surface area contributed by atoms with Crippen LogP contribution in [0.25, 0.3) is 33.7 Å². The maximum absolute atomic E-state index is 3.65. The van der Waals surface area contributed by atoms with Crippen LogP contribution in [0.1, 0.15) is 57.2 Å². The second-order valence-electron chi connectivity index (χ2n) is 13.0. The van der Waals surface area contributed by atoms with Crippen molar-refractivity contribution in [2.24, 2.45) is 11.8 Å². The molecule has 2 aliphatic carbocycles. The second-order valence-corrected chi connectivity index (χ2v) is 43.5. The van der Waals surface area contributed by atoms with E-state index in [0.29, 0.717) is 19.1 Å². The quantitative estimate of drug-likeness (QED) is 0.195. The largest absolute Gasteiger partial charge is 0.147 e. The number of benzene rings is 4. The predicted molar refractivity (Wildman–Crippen MR) is 174 cm³/mol. The zero-order valence-electron chi connectivity index (χ0n) is 23.4. The molecule has 4 heteroatoms. The van der Waals surface area contributed by atoms with Gasteiger partial charge in [0, 0.05) is 0 Å². The molecule has 0 saturated carbocycles. The van der Waals surface area contributed by atoms with Crippen molar-refractivity contribution in [3.05, 3.63) is 106 Å². The first-order valence-corrected chi connectivity index (χ1v) is 27.3. The van der Waals surface area contributed by atoms with Crippen molar-refractivity contribution >= 4 is 65.4 Å². The topological polar surface area (TPSA) is 0 Å². The van der Waals surface area contributed by atoms with Crippen LogP contribution in [-0.2, 0) is 17.4 Å². The minimum atomic E-state index is -3.65. The van der Waals surface area contributed by atoms with Gasteiger partial charge in [0.2, 0.25) is 0 Å². The van der Waals surface area contributed by atoms with Gasteiger partial charge in [-0.1, -0.05) is 0 Å². The summed E-state index contributed by atoms with van der Waals surface area (Å²) in [6.07, 6.45) is 5.15. The molecule has 4 aromatic carbocycles. The Morgan fingerprint density at radius 1 is 0.579 bits per heavy atom. The molecule has 6 rings (SSSR count). The van der Waals surface area contributed by atoms with Crippen LogP contribution >= 0.6 is 24.8 Å². The van der Waals surface area contributed by atoms with Gasteiger partial charge < -0.3 is 0 Å². The van der Waals surface area contributed by atoms with Crippen LogP contribution in [0.5, 0.6) is 0 Å². The monoisotopic (exact) mass is 636 g/mol. The predicted octanol–water partition coefficient (Wildman–Crippen LogP) is 10.1. The van der Waals surface area contributed by atoms with Crippen molar-refractivity contribution < 1.29 is 17.4 Å². The maximum atomic E-state index is 2.79. The number of allylic oxidation sites excluding steroid dienone is 2. The third-order valence-electron chi connectivity index (χ3n) is 9.13. The molecule has 0 saturated heterocycles. The first-order chi connectivity index (χ1) is 17.1. The first-order valence-electron chi connectivity index (χ1n) is 13.6. The summed E-state index contributed by atoms with van der Waals surface area (Å²) in [5, 5.41) is 5.69. The molecular formula is C34H40Cl2SiZr. The van der Waals surface area contributed by atoms with Crippen molar-refractivity contribution in [1.82, 2.24) is 0 Å². The van der Waals surface area contributed by atoms with Crippen molar-refractivity contribution in [2.45, 2.75) is 44.2 Å². The van der Waals surface area contributed by atoms with E-state index in [4.69, 9.17) is 0 Å². The SMILES string of the molecule is CC(C)C1=Cc2ccc3ccccc3c2[CH]1[Zr]([CH3])([CH3])(=[SiH2])[CH]1C(C(C)C)=Cc2ccc3ccccc3c21.Cl.Cl. The summed E-state index contributed by atoms with van der Waals surface area (Å²) in [5.74, 6) is 1.08. The Bertz CT molecular complexity index is 1570. The maximum Gasteiger partial charge on any atom is -0.147 e. The van der Waals surface area contributed by atoms with Crippen molar-refractivity contribution in [1.29, 1.82) is 0 Å². The number of hydrogen-bond donors (Lipinski definition) is 0. The number of fused-ring (bicyclic) bond motifs is 6. The Morgan fingerprint density at radius 3 is 1.32 bits per heavy atom. The van der Waals surface area contributed by atoms with E-state index < -0.39 is 17.4 Å². The van der Waals surface area contributed by atoms with Crippen LogP contribution in [0, 0.1) is 11.8 Å². The Morgan fingerprint density at radius 2 is 0.947 bits per heavy atom. The molecular weight excluding hydrogens is 599 g/mol. The summed E-state index contributed by atoms with van der Waals surface area (Å²) in [6.45, 7) is 12.1. The van der Waals surface area contributed by atoms with Gasteiger partial charge in [-0.05, 0) is 0 Å². The Kier molecular flexibility index (Phi) is 7.92. The zero-order valence-corrected chi connectivity index (χ0v) is 28.9. The summed E-state index contributed by atoms with van der Waals surface area (Å²) >= 11 is -3.65. The normalized spacial score (nSPS) is 18.7. The number of rotatable bonds is 4. The van der Waals surface area contributed by atoms with Gasteiger partial charge in [-0.3, -0.25) is 0 Å². The molecule has 2 unspecified atom stereocenters. The van der Waals surface area contributed by atoms with Gasteiger partial charge in [-0.25, -0.2) is 0 Å². The van der Waals surface area contributed by atoms with E-state index in [-0.39, 0.29) is 24.8 Å². The zero-order chi connectivity index (χ0) is 25.4. The molecule has 4 aromatic rings. The van der Waals surface area contributed by atoms with Gasteiger partial charge in [-0.15, -0.1) is 24.8 Å². The average Bonchev–Trinajstić information content (AvgIpc) is 3.45. The van der Waals surface area contributed by atoms with Crippen LogP contribution in [0.3, 0.4) is 0 Å². The van der Waals surface area contributed by atoms with Crippen LogP contribution < -0.4 is 0 Å². The molecule has 38 heavy (non-hydrogen) atoms. The number of halogens is 2. The van der Waals surface area contributed by atoms with E-state index >= 15 is 0 Å². The minimum Gasteiger partial charge on any atom is -0.147 e. The number of hydrogen-bond acceptors (Lipinski definition) is 0. The second kappa shape index (κ2) is 10.2. The molecule has 0 N–H and O–H groups in total. The molecule has 0 fully saturated rings. The smallest absolute Gasteiger partial charge is 0.147 e. The fourth-order valence-electron chi connectivity index (χ4n) is 7.59. The Balaban J connectivity index is 0.00000168. The van der Waals surface area contributed by atoms with Gasteiger partial charge in [0.15, 0.2) is 0 Å².